The SMILES string of the molecule is CC(C(=O)NCc1ccco1)n1c(Cc2ccccc2F)nc2cc(Cl)c(Cl)cc21. The minimum atomic E-state index is -0.621. The van der Waals surface area contributed by atoms with Gasteiger partial charge in [-0.3, -0.25) is 4.79 Å². The van der Waals surface area contributed by atoms with Gasteiger partial charge in [0.1, 0.15) is 23.4 Å². The molecular formula is C22H18Cl2FN3O2. The summed E-state index contributed by atoms with van der Waals surface area (Å²) in [5.74, 6) is 0.621. The standard InChI is InChI=1S/C22H18Cl2FN3O2/c1-13(22(29)26-12-15-6-4-8-30-15)28-20-11-17(24)16(23)10-19(20)27-21(28)9-14-5-2-3-7-18(14)25/h2-8,10-11,13H,9,12H2,1H3,(H,26,29). The normalized spacial score (nSPS) is 12.3. The lowest BCUT2D eigenvalue weighted by atomic mass is 10.1. The Morgan fingerprint density at radius 3 is 2.70 bits per heavy atom. The molecule has 1 unspecified atom stereocenters. The van der Waals surface area contributed by atoms with E-state index >= 15 is 0 Å². The van der Waals surface area contributed by atoms with E-state index in [0.29, 0.717) is 38.2 Å². The summed E-state index contributed by atoms with van der Waals surface area (Å²) in [6.07, 6.45) is 1.76. The van der Waals surface area contributed by atoms with Crippen molar-refractivity contribution in [1.82, 2.24) is 14.9 Å². The van der Waals surface area contributed by atoms with Crippen molar-refractivity contribution in [3.63, 3.8) is 0 Å². The average Bonchev–Trinajstić information content (AvgIpc) is 3.35. The van der Waals surface area contributed by atoms with Crippen molar-refractivity contribution in [3.05, 3.63) is 87.8 Å². The number of rotatable bonds is 6. The van der Waals surface area contributed by atoms with Crippen LogP contribution in [0.25, 0.3) is 11.0 Å². The quantitative estimate of drug-likeness (QED) is 0.423. The molecule has 2 heterocycles. The Balaban J connectivity index is 1.72. The van der Waals surface area contributed by atoms with Gasteiger partial charge in [0.15, 0.2) is 0 Å². The third kappa shape index (κ3) is 4.06. The second-order valence-electron chi connectivity index (χ2n) is 6.89. The molecule has 0 fully saturated rings. The molecule has 30 heavy (non-hydrogen) atoms. The van der Waals surface area contributed by atoms with Crippen molar-refractivity contribution in [2.45, 2.75) is 25.9 Å². The van der Waals surface area contributed by atoms with Gasteiger partial charge in [-0.2, -0.15) is 0 Å². The Morgan fingerprint density at radius 2 is 1.97 bits per heavy atom. The number of nitrogens with zero attached hydrogens (tertiary/aromatic N) is 2. The van der Waals surface area contributed by atoms with Gasteiger partial charge in [0, 0.05) is 6.42 Å². The van der Waals surface area contributed by atoms with Gasteiger partial charge in [0.2, 0.25) is 5.91 Å². The van der Waals surface area contributed by atoms with Crippen molar-refractivity contribution in [3.8, 4) is 0 Å². The predicted molar refractivity (Wildman–Crippen MR) is 114 cm³/mol. The van der Waals surface area contributed by atoms with Gasteiger partial charge in [-0.25, -0.2) is 9.37 Å². The molecule has 4 rings (SSSR count). The number of amides is 1. The molecule has 2 aromatic heterocycles. The Hall–Kier alpha value is -2.83. The molecule has 2 aromatic carbocycles. The van der Waals surface area contributed by atoms with Crippen molar-refractivity contribution in [2.75, 3.05) is 0 Å². The largest absolute Gasteiger partial charge is 0.467 e. The van der Waals surface area contributed by atoms with Crippen LogP contribution in [0.1, 0.15) is 30.1 Å². The van der Waals surface area contributed by atoms with E-state index in [-0.39, 0.29) is 24.7 Å². The number of carbonyl (C=O) groups excluding carboxylic acids is 1. The smallest absolute Gasteiger partial charge is 0.243 e. The second kappa shape index (κ2) is 8.50. The number of carbonyl (C=O) groups is 1. The van der Waals surface area contributed by atoms with E-state index in [9.17, 15) is 9.18 Å². The third-order valence-electron chi connectivity index (χ3n) is 4.89. The zero-order valence-electron chi connectivity index (χ0n) is 16.0. The minimum Gasteiger partial charge on any atom is -0.467 e. The van der Waals surface area contributed by atoms with Crippen LogP contribution < -0.4 is 5.32 Å². The molecule has 0 aliphatic carbocycles. The maximum Gasteiger partial charge on any atom is 0.243 e. The maximum atomic E-state index is 14.3. The van der Waals surface area contributed by atoms with Crippen molar-refractivity contribution >= 4 is 40.1 Å². The fourth-order valence-corrected chi connectivity index (χ4v) is 3.68. The number of nitrogens with one attached hydrogen (secondary N) is 1. The summed E-state index contributed by atoms with van der Waals surface area (Å²) in [4.78, 5) is 17.5. The number of aromatic nitrogens is 2. The number of benzene rings is 2. The number of halogens is 3. The van der Waals surface area contributed by atoms with Crippen LogP contribution in [0.3, 0.4) is 0 Å². The van der Waals surface area contributed by atoms with Crippen LogP contribution in [-0.2, 0) is 17.8 Å². The van der Waals surface area contributed by atoms with Gasteiger partial charge in [-0.15, -0.1) is 0 Å². The molecule has 4 aromatic rings. The lowest BCUT2D eigenvalue weighted by Gasteiger charge is -2.17. The lowest BCUT2D eigenvalue weighted by molar-refractivity contribution is -0.124. The molecule has 154 valence electrons. The summed E-state index contributed by atoms with van der Waals surface area (Å²) in [5.41, 5.74) is 1.72. The maximum absolute atomic E-state index is 14.3. The first kappa shape index (κ1) is 20.4. The van der Waals surface area contributed by atoms with Gasteiger partial charge in [-0.05, 0) is 42.8 Å². The van der Waals surface area contributed by atoms with Crippen LogP contribution >= 0.6 is 23.2 Å². The van der Waals surface area contributed by atoms with E-state index in [1.165, 1.54) is 6.07 Å². The highest BCUT2D eigenvalue weighted by Gasteiger charge is 2.23. The molecule has 0 aliphatic rings. The Labute approximate surface area is 182 Å². The van der Waals surface area contributed by atoms with E-state index in [1.807, 2.05) is 0 Å². The lowest BCUT2D eigenvalue weighted by Crippen LogP contribution is -2.31. The molecule has 8 heteroatoms. The summed E-state index contributed by atoms with van der Waals surface area (Å²) >= 11 is 12.4. The molecule has 0 spiro atoms. The highest BCUT2D eigenvalue weighted by atomic mass is 35.5. The molecular weight excluding hydrogens is 428 g/mol. The monoisotopic (exact) mass is 445 g/mol. The fraction of sp³-hybridized carbons (Fsp3) is 0.182. The Morgan fingerprint density at radius 1 is 1.20 bits per heavy atom. The van der Waals surface area contributed by atoms with E-state index in [2.05, 4.69) is 10.3 Å². The number of hydrogen-bond acceptors (Lipinski definition) is 3. The minimum absolute atomic E-state index is 0.215. The van der Waals surface area contributed by atoms with E-state index in [4.69, 9.17) is 27.6 Å². The Kier molecular flexibility index (Phi) is 5.79. The summed E-state index contributed by atoms with van der Waals surface area (Å²) in [5, 5.41) is 3.57. The van der Waals surface area contributed by atoms with Crippen LogP contribution in [0.15, 0.2) is 59.2 Å². The van der Waals surface area contributed by atoms with E-state index in [1.54, 1.807) is 60.2 Å². The first-order valence-corrected chi connectivity index (χ1v) is 10.1. The fourth-order valence-electron chi connectivity index (χ4n) is 3.36. The number of hydrogen-bond donors (Lipinski definition) is 1. The first-order valence-electron chi connectivity index (χ1n) is 9.33. The van der Waals surface area contributed by atoms with Crippen molar-refractivity contribution < 1.29 is 13.6 Å². The van der Waals surface area contributed by atoms with Gasteiger partial charge < -0.3 is 14.3 Å². The highest BCUT2D eigenvalue weighted by molar-refractivity contribution is 6.42. The van der Waals surface area contributed by atoms with Gasteiger partial charge in [-0.1, -0.05) is 41.4 Å². The molecule has 1 amide bonds. The van der Waals surface area contributed by atoms with Crippen LogP contribution in [-0.4, -0.2) is 15.5 Å². The highest BCUT2D eigenvalue weighted by Crippen LogP contribution is 2.31. The molecule has 0 aliphatic heterocycles. The summed E-state index contributed by atoms with van der Waals surface area (Å²) < 4.78 is 21.3. The molecule has 0 saturated carbocycles. The first-order chi connectivity index (χ1) is 14.4. The van der Waals surface area contributed by atoms with Gasteiger partial charge >= 0.3 is 0 Å². The molecule has 5 nitrogen and oxygen atoms in total. The van der Waals surface area contributed by atoms with E-state index < -0.39 is 6.04 Å². The molecule has 0 radical (unpaired) electrons. The number of fused-ring (bicyclic) bond motifs is 1. The molecule has 1 N–H and O–H groups in total. The topological polar surface area (TPSA) is 60.1 Å². The van der Waals surface area contributed by atoms with Crippen LogP contribution in [0.4, 0.5) is 4.39 Å². The van der Waals surface area contributed by atoms with Crippen LogP contribution in [0, 0.1) is 5.82 Å². The summed E-state index contributed by atoms with van der Waals surface area (Å²) in [6.45, 7) is 2.02. The van der Waals surface area contributed by atoms with E-state index in [0.717, 1.165) is 0 Å². The zero-order chi connectivity index (χ0) is 21.3. The van der Waals surface area contributed by atoms with Crippen LogP contribution in [0.2, 0.25) is 10.0 Å². The third-order valence-corrected chi connectivity index (χ3v) is 5.62. The predicted octanol–water partition coefficient (Wildman–Crippen LogP) is 5.54. The van der Waals surface area contributed by atoms with Gasteiger partial charge in [0.25, 0.3) is 0 Å². The van der Waals surface area contributed by atoms with Crippen molar-refractivity contribution in [1.29, 1.82) is 0 Å². The average molecular weight is 446 g/mol. The van der Waals surface area contributed by atoms with Crippen LogP contribution in [0.5, 0.6) is 0 Å². The Bertz CT molecular complexity index is 1200. The zero-order valence-corrected chi connectivity index (χ0v) is 17.5. The number of furan rings is 1. The molecule has 1 atom stereocenters. The molecule has 0 saturated heterocycles. The van der Waals surface area contributed by atoms with Gasteiger partial charge in [0.05, 0.1) is 33.9 Å². The number of imidazole rings is 1. The molecule has 0 bridgehead atoms. The summed E-state index contributed by atoms with van der Waals surface area (Å²) in [7, 11) is 0. The second-order valence-corrected chi connectivity index (χ2v) is 7.71. The summed E-state index contributed by atoms with van der Waals surface area (Å²) in [6, 6.07) is 12.7. The van der Waals surface area contributed by atoms with Crippen molar-refractivity contribution in [2.24, 2.45) is 0 Å².